The van der Waals surface area contributed by atoms with E-state index in [1.54, 1.807) is 13.0 Å². The topological polar surface area (TPSA) is 93.7 Å². The summed E-state index contributed by atoms with van der Waals surface area (Å²) < 4.78 is 37.4. The lowest BCUT2D eigenvalue weighted by atomic mass is 10.1. The van der Waals surface area contributed by atoms with Crippen LogP contribution >= 0.6 is 0 Å². The summed E-state index contributed by atoms with van der Waals surface area (Å²) in [5.74, 6) is 1.06. The van der Waals surface area contributed by atoms with E-state index < -0.39 is 10.0 Å². The third-order valence-electron chi connectivity index (χ3n) is 4.34. The molecule has 0 heterocycles. The highest BCUT2D eigenvalue weighted by molar-refractivity contribution is 7.89. The van der Waals surface area contributed by atoms with Gasteiger partial charge in [0.1, 0.15) is 0 Å². The van der Waals surface area contributed by atoms with Crippen LogP contribution in [0.4, 0.5) is 0 Å². The first kappa shape index (κ1) is 22.7. The number of carbonyl (C=O) groups excluding carboxylic acids is 1. The Balaban J connectivity index is 2.07. The minimum absolute atomic E-state index is 0.0589. The molecule has 7 nitrogen and oxygen atoms in total. The molecule has 0 fully saturated rings. The van der Waals surface area contributed by atoms with E-state index in [9.17, 15) is 13.2 Å². The number of sulfonamides is 1. The van der Waals surface area contributed by atoms with Gasteiger partial charge in [-0.1, -0.05) is 12.1 Å². The minimum Gasteiger partial charge on any atom is -0.490 e. The van der Waals surface area contributed by atoms with E-state index in [0.29, 0.717) is 48.8 Å². The summed E-state index contributed by atoms with van der Waals surface area (Å²) in [5.41, 5.74) is 2.04. The molecule has 1 amide bonds. The third kappa shape index (κ3) is 5.95. The summed E-state index contributed by atoms with van der Waals surface area (Å²) in [6.07, 6.45) is 0.603. The molecule has 29 heavy (non-hydrogen) atoms. The zero-order valence-corrected chi connectivity index (χ0v) is 18.1. The second-order valence-electron chi connectivity index (χ2n) is 6.34. The van der Waals surface area contributed by atoms with Crippen LogP contribution in [-0.2, 0) is 16.4 Å². The number of hydrogen-bond donors (Lipinski definition) is 2. The third-order valence-corrected chi connectivity index (χ3v) is 5.75. The second kappa shape index (κ2) is 10.3. The van der Waals surface area contributed by atoms with Crippen LogP contribution in [0.3, 0.4) is 0 Å². The van der Waals surface area contributed by atoms with Gasteiger partial charge in [-0.05, 0) is 69.6 Å². The van der Waals surface area contributed by atoms with Crippen molar-refractivity contribution in [2.75, 3.05) is 26.8 Å². The van der Waals surface area contributed by atoms with Crippen molar-refractivity contribution in [3.05, 3.63) is 53.1 Å². The molecule has 0 saturated heterocycles. The van der Waals surface area contributed by atoms with Gasteiger partial charge >= 0.3 is 0 Å². The summed E-state index contributed by atoms with van der Waals surface area (Å²) >= 11 is 0. The number of aryl methyl sites for hydroxylation is 1. The van der Waals surface area contributed by atoms with E-state index in [2.05, 4.69) is 10.0 Å². The van der Waals surface area contributed by atoms with Crippen LogP contribution < -0.4 is 19.5 Å². The Morgan fingerprint density at radius 2 is 1.69 bits per heavy atom. The van der Waals surface area contributed by atoms with Gasteiger partial charge in [0, 0.05) is 12.1 Å². The average Bonchev–Trinajstić information content (AvgIpc) is 2.70. The number of amides is 1. The van der Waals surface area contributed by atoms with Gasteiger partial charge in [0.25, 0.3) is 5.91 Å². The molecule has 0 spiro atoms. The van der Waals surface area contributed by atoms with Crippen molar-refractivity contribution in [2.45, 2.75) is 32.1 Å². The van der Waals surface area contributed by atoms with E-state index in [0.717, 1.165) is 5.56 Å². The SMILES string of the molecule is CCOc1ccc(CCNC(=O)c2cc(S(=O)(=O)NC)ccc2C)cc1OCC. The monoisotopic (exact) mass is 420 g/mol. The molecule has 0 radical (unpaired) electrons. The maximum absolute atomic E-state index is 12.6. The predicted octanol–water partition coefficient (Wildman–Crippen LogP) is 2.67. The average molecular weight is 421 g/mol. The molecule has 0 aliphatic carbocycles. The van der Waals surface area contributed by atoms with Crippen LogP contribution in [-0.4, -0.2) is 41.1 Å². The van der Waals surface area contributed by atoms with Crippen LogP contribution in [0.1, 0.15) is 35.3 Å². The summed E-state index contributed by atoms with van der Waals surface area (Å²) in [5, 5.41) is 2.85. The number of hydrogen-bond acceptors (Lipinski definition) is 5. The maximum atomic E-state index is 12.6. The fourth-order valence-corrected chi connectivity index (χ4v) is 3.55. The summed E-state index contributed by atoms with van der Waals surface area (Å²) in [4.78, 5) is 12.6. The lowest BCUT2D eigenvalue weighted by molar-refractivity contribution is 0.0953. The second-order valence-corrected chi connectivity index (χ2v) is 8.22. The highest BCUT2D eigenvalue weighted by Crippen LogP contribution is 2.28. The fourth-order valence-electron chi connectivity index (χ4n) is 2.80. The van der Waals surface area contributed by atoms with Gasteiger partial charge in [0.2, 0.25) is 10.0 Å². The number of carbonyl (C=O) groups is 1. The van der Waals surface area contributed by atoms with Crippen LogP contribution in [0.15, 0.2) is 41.3 Å². The van der Waals surface area contributed by atoms with E-state index in [-0.39, 0.29) is 10.8 Å². The number of nitrogens with one attached hydrogen (secondary N) is 2. The summed E-state index contributed by atoms with van der Waals surface area (Å²) in [7, 11) is -2.27. The van der Waals surface area contributed by atoms with Crippen LogP contribution in [0, 0.1) is 6.92 Å². The molecule has 2 rings (SSSR count). The van der Waals surface area contributed by atoms with Crippen molar-refractivity contribution in [1.82, 2.24) is 10.0 Å². The van der Waals surface area contributed by atoms with Gasteiger partial charge in [-0.25, -0.2) is 13.1 Å². The first-order chi connectivity index (χ1) is 13.8. The number of ether oxygens (including phenoxy) is 2. The Morgan fingerprint density at radius 1 is 1.00 bits per heavy atom. The van der Waals surface area contributed by atoms with Crippen molar-refractivity contribution in [2.24, 2.45) is 0 Å². The molecular weight excluding hydrogens is 392 g/mol. The summed E-state index contributed by atoms with van der Waals surface area (Å²) in [6.45, 7) is 7.08. The summed E-state index contributed by atoms with van der Waals surface area (Å²) in [6, 6.07) is 10.2. The zero-order chi connectivity index (χ0) is 21.4. The van der Waals surface area contributed by atoms with Crippen molar-refractivity contribution >= 4 is 15.9 Å². The Bertz CT molecular complexity index is 958. The molecule has 2 aromatic carbocycles. The largest absolute Gasteiger partial charge is 0.490 e. The van der Waals surface area contributed by atoms with Gasteiger partial charge < -0.3 is 14.8 Å². The van der Waals surface area contributed by atoms with Crippen molar-refractivity contribution in [3.63, 3.8) is 0 Å². The highest BCUT2D eigenvalue weighted by Gasteiger charge is 2.16. The maximum Gasteiger partial charge on any atom is 0.251 e. The molecule has 0 aromatic heterocycles. The predicted molar refractivity (Wildman–Crippen MR) is 112 cm³/mol. The molecule has 2 N–H and O–H groups in total. The number of rotatable bonds is 10. The van der Waals surface area contributed by atoms with Gasteiger partial charge in [-0.3, -0.25) is 4.79 Å². The molecule has 0 bridgehead atoms. The molecule has 0 saturated carbocycles. The molecule has 158 valence electrons. The Kier molecular flexibility index (Phi) is 8.04. The van der Waals surface area contributed by atoms with Crippen LogP contribution in [0.5, 0.6) is 11.5 Å². The minimum atomic E-state index is -3.61. The lowest BCUT2D eigenvalue weighted by Crippen LogP contribution is -2.27. The van der Waals surface area contributed by atoms with Crippen LogP contribution in [0.2, 0.25) is 0 Å². The molecule has 8 heteroatoms. The van der Waals surface area contributed by atoms with Crippen molar-refractivity contribution in [1.29, 1.82) is 0 Å². The molecule has 0 atom stereocenters. The van der Waals surface area contributed by atoms with Gasteiger partial charge in [-0.15, -0.1) is 0 Å². The van der Waals surface area contributed by atoms with E-state index >= 15 is 0 Å². The Labute approximate surface area is 172 Å². The number of benzene rings is 2. The first-order valence-corrected chi connectivity index (χ1v) is 11.0. The molecule has 2 aromatic rings. The quantitative estimate of drug-likeness (QED) is 0.616. The van der Waals surface area contributed by atoms with Gasteiger partial charge in [0.05, 0.1) is 18.1 Å². The van der Waals surface area contributed by atoms with Crippen LogP contribution in [0.25, 0.3) is 0 Å². The van der Waals surface area contributed by atoms with Gasteiger partial charge in [-0.2, -0.15) is 0 Å². The molecule has 0 aliphatic heterocycles. The van der Waals surface area contributed by atoms with E-state index in [1.807, 2.05) is 32.0 Å². The molecular formula is C21H28N2O5S. The molecule has 0 aliphatic rings. The van der Waals surface area contributed by atoms with E-state index in [1.165, 1.54) is 19.2 Å². The molecule has 0 unspecified atom stereocenters. The van der Waals surface area contributed by atoms with Gasteiger partial charge in [0.15, 0.2) is 11.5 Å². The zero-order valence-electron chi connectivity index (χ0n) is 17.2. The highest BCUT2D eigenvalue weighted by atomic mass is 32.2. The Morgan fingerprint density at radius 3 is 2.34 bits per heavy atom. The first-order valence-electron chi connectivity index (χ1n) is 9.53. The standard InChI is InChI=1S/C21H28N2O5S/c1-5-27-19-10-8-16(13-20(19)28-6-2)11-12-23-21(24)18-14-17(9-7-15(18)3)29(25,26)22-4/h7-10,13-14,22H,5-6,11-12H2,1-4H3,(H,23,24). The normalized spacial score (nSPS) is 11.2. The lowest BCUT2D eigenvalue weighted by Gasteiger charge is -2.13. The Hall–Kier alpha value is -2.58. The smallest absolute Gasteiger partial charge is 0.251 e. The fraction of sp³-hybridized carbons (Fsp3) is 0.381. The van der Waals surface area contributed by atoms with Crippen molar-refractivity contribution in [3.8, 4) is 11.5 Å². The van der Waals surface area contributed by atoms with E-state index in [4.69, 9.17) is 9.47 Å². The van der Waals surface area contributed by atoms with Crippen molar-refractivity contribution < 1.29 is 22.7 Å².